The molecule has 1 aromatic heterocycles. The molecule has 2 aromatic rings. The molecule has 0 saturated carbocycles. The summed E-state index contributed by atoms with van der Waals surface area (Å²) in [6.45, 7) is 3.50. The molecule has 2 bridgehead atoms. The van der Waals surface area contributed by atoms with Crippen molar-refractivity contribution in [2.45, 2.75) is 38.3 Å². The average Bonchev–Trinajstić information content (AvgIpc) is 3.10. The predicted octanol–water partition coefficient (Wildman–Crippen LogP) is 3.22. The van der Waals surface area contributed by atoms with E-state index in [0.29, 0.717) is 22.7 Å². The van der Waals surface area contributed by atoms with E-state index in [4.69, 9.17) is 11.6 Å². The van der Waals surface area contributed by atoms with Gasteiger partial charge in [-0.15, -0.1) is 12.4 Å². The van der Waals surface area contributed by atoms with Crippen molar-refractivity contribution >= 4 is 29.9 Å². The highest BCUT2D eigenvalue weighted by molar-refractivity contribution is 6.30. The maximum atomic E-state index is 13.0. The fourth-order valence-electron chi connectivity index (χ4n) is 3.69. The van der Waals surface area contributed by atoms with Gasteiger partial charge in [-0.2, -0.15) is 5.10 Å². The molecule has 4 rings (SSSR count). The van der Waals surface area contributed by atoms with Gasteiger partial charge >= 0.3 is 0 Å². The Bertz CT molecular complexity index is 759. The van der Waals surface area contributed by atoms with Crippen molar-refractivity contribution in [1.29, 1.82) is 0 Å². The lowest BCUT2D eigenvalue weighted by molar-refractivity contribution is 0.0747. The number of carbonyl (C=O) groups is 1. The van der Waals surface area contributed by atoms with E-state index in [1.165, 1.54) is 6.42 Å². The number of nitrogens with one attached hydrogen (secondary N) is 1. The van der Waals surface area contributed by atoms with Crippen molar-refractivity contribution in [2.24, 2.45) is 0 Å². The van der Waals surface area contributed by atoms with E-state index < -0.39 is 0 Å². The Morgan fingerprint density at radius 3 is 2.68 bits per heavy atom. The Morgan fingerprint density at radius 2 is 1.92 bits per heavy atom. The van der Waals surface area contributed by atoms with Crippen LogP contribution in [0.25, 0.3) is 5.69 Å². The number of aryl methyl sites for hydroxylation is 1. The molecule has 3 heterocycles. The van der Waals surface area contributed by atoms with Crippen LogP contribution in [-0.4, -0.2) is 45.8 Å². The SMILES string of the molecule is Cc1nn(-c2ccc(Cl)cc2)cc1C(=O)N1CCC2CCC(C1)N2.Cl. The maximum Gasteiger partial charge on any atom is 0.257 e. The molecular weight excluding hydrogens is 359 g/mol. The molecule has 2 unspecified atom stereocenters. The van der Waals surface area contributed by atoms with E-state index in [1.807, 2.05) is 42.3 Å². The number of hydrogen-bond acceptors (Lipinski definition) is 3. The number of hydrogen-bond donors (Lipinski definition) is 1. The summed E-state index contributed by atoms with van der Waals surface area (Å²) in [5.41, 5.74) is 2.35. The minimum absolute atomic E-state index is 0. The van der Waals surface area contributed by atoms with Crippen LogP contribution in [0.4, 0.5) is 0 Å². The van der Waals surface area contributed by atoms with Crippen molar-refractivity contribution in [2.75, 3.05) is 13.1 Å². The summed E-state index contributed by atoms with van der Waals surface area (Å²) in [5.74, 6) is 0.0852. The van der Waals surface area contributed by atoms with Gasteiger partial charge in [0.1, 0.15) is 0 Å². The van der Waals surface area contributed by atoms with Crippen molar-refractivity contribution in [3.05, 3.63) is 46.7 Å². The summed E-state index contributed by atoms with van der Waals surface area (Å²) < 4.78 is 1.75. The van der Waals surface area contributed by atoms with Crippen LogP contribution in [0.2, 0.25) is 5.02 Å². The Morgan fingerprint density at radius 1 is 1.20 bits per heavy atom. The number of fused-ring (bicyclic) bond motifs is 2. The van der Waals surface area contributed by atoms with Crippen LogP contribution in [0.1, 0.15) is 35.3 Å². The Hall–Kier alpha value is -1.56. The number of benzene rings is 1. The van der Waals surface area contributed by atoms with Gasteiger partial charge in [0.15, 0.2) is 0 Å². The number of rotatable bonds is 2. The Balaban J connectivity index is 0.00000182. The maximum absolute atomic E-state index is 13.0. The van der Waals surface area contributed by atoms with E-state index in [0.717, 1.165) is 37.3 Å². The second-order valence-electron chi connectivity index (χ2n) is 6.73. The molecule has 7 heteroatoms. The molecule has 1 amide bonds. The molecule has 2 saturated heterocycles. The highest BCUT2D eigenvalue weighted by Crippen LogP contribution is 2.23. The zero-order valence-corrected chi connectivity index (χ0v) is 15.7. The first-order valence-corrected chi connectivity index (χ1v) is 8.85. The van der Waals surface area contributed by atoms with E-state index >= 15 is 0 Å². The van der Waals surface area contributed by atoms with Gasteiger partial charge < -0.3 is 10.2 Å². The standard InChI is InChI=1S/C18H21ClN4O.ClH/c1-12-17(11-23(21-12)16-6-2-13(19)3-7-16)18(24)22-9-8-14-4-5-15(10-22)20-14;/h2-3,6-7,11,14-15,20H,4-5,8-10H2,1H3;1H. The largest absolute Gasteiger partial charge is 0.337 e. The van der Waals surface area contributed by atoms with Gasteiger partial charge in [-0.3, -0.25) is 4.79 Å². The van der Waals surface area contributed by atoms with Gasteiger partial charge in [0.2, 0.25) is 0 Å². The molecule has 25 heavy (non-hydrogen) atoms. The van der Waals surface area contributed by atoms with Crippen LogP contribution in [0.3, 0.4) is 0 Å². The summed E-state index contributed by atoms with van der Waals surface area (Å²) in [5, 5.41) is 8.81. The third-order valence-corrected chi connectivity index (χ3v) is 5.28. The number of likely N-dealkylation sites (tertiary alicyclic amines) is 1. The van der Waals surface area contributed by atoms with Gasteiger partial charge in [0.05, 0.1) is 16.9 Å². The highest BCUT2D eigenvalue weighted by Gasteiger charge is 2.32. The number of aromatic nitrogens is 2. The minimum Gasteiger partial charge on any atom is -0.337 e. The minimum atomic E-state index is 0. The Kier molecular flexibility index (Phi) is 5.37. The first-order valence-electron chi connectivity index (χ1n) is 8.47. The zero-order chi connectivity index (χ0) is 16.7. The fourth-order valence-corrected chi connectivity index (χ4v) is 3.82. The third-order valence-electron chi connectivity index (χ3n) is 5.03. The predicted molar refractivity (Wildman–Crippen MR) is 101 cm³/mol. The quantitative estimate of drug-likeness (QED) is 0.869. The normalized spacial score (nSPS) is 22.4. The van der Waals surface area contributed by atoms with Crippen molar-refractivity contribution < 1.29 is 4.79 Å². The third kappa shape index (κ3) is 3.68. The molecule has 0 radical (unpaired) electrons. The van der Waals surface area contributed by atoms with Crippen LogP contribution in [-0.2, 0) is 0 Å². The highest BCUT2D eigenvalue weighted by atomic mass is 35.5. The summed E-state index contributed by atoms with van der Waals surface area (Å²) in [4.78, 5) is 15.0. The van der Waals surface area contributed by atoms with Gasteiger partial charge in [-0.25, -0.2) is 4.68 Å². The molecule has 1 aromatic carbocycles. The van der Waals surface area contributed by atoms with Crippen LogP contribution in [0, 0.1) is 6.92 Å². The summed E-state index contributed by atoms with van der Waals surface area (Å²) in [6.07, 6.45) is 5.27. The molecule has 0 spiro atoms. The van der Waals surface area contributed by atoms with Gasteiger partial charge in [0.25, 0.3) is 5.91 Å². The number of amides is 1. The lowest BCUT2D eigenvalue weighted by Gasteiger charge is -2.24. The average molecular weight is 381 g/mol. The van der Waals surface area contributed by atoms with Crippen LogP contribution in [0.5, 0.6) is 0 Å². The number of nitrogens with zero attached hydrogens (tertiary/aromatic N) is 3. The molecule has 2 aliphatic heterocycles. The van der Waals surface area contributed by atoms with Crippen LogP contribution < -0.4 is 5.32 Å². The van der Waals surface area contributed by atoms with E-state index in [2.05, 4.69) is 10.4 Å². The van der Waals surface area contributed by atoms with Crippen molar-refractivity contribution in [3.8, 4) is 5.69 Å². The smallest absolute Gasteiger partial charge is 0.257 e. The number of halogens is 2. The molecule has 134 valence electrons. The fraction of sp³-hybridized carbons (Fsp3) is 0.444. The second-order valence-corrected chi connectivity index (χ2v) is 7.16. The van der Waals surface area contributed by atoms with Crippen molar-refractivity contribution in [1.82, 2.24) is 20.0 Å². The second kappa shape index (κ2) is 7.36. The van der Waals surface area contributed by atoms with Crippen LogP contribution in [0.15, 0.2) is 30.5 Å². The first kappa shape index (κ1) is 18.2. The molecule has 1 N–H and O–H groups in total. The number of carbonyl (C=O) groups excluding carboxylic acids is 1. The molecule has 2 fully saturated rings. The van der Waals surface area contributed by atoms with E-state index in [-0.39, 0.29) is 18.3 Å². The molecule has 5 nitrogen and oxygen atoms in total. The lowest BCUT2D eigenvalue weighted by atomic mass is 10.1. The summed E-state index contributed by atoms with van der Waals surface area (Å²) in [6, 6.07) is 8.47. The molecule has 2 atom stereocenters. The monoisotopic (exact) mass is 380 g/mol. The van der Waals surface area contributed by atoms with Gasteiger partial charge in [0, 0.05) is 36.4 Å². The summed E-state index contributed by atoms with van der Waals surface area (Å²) in [7, 11) is 0. The molecule has 0 aliphatic carbocycles. The lowest BCUT2D eigenvalue weighted by Crippen LogP contribution is -2.39. The summed E-state index contributed by atoms with van der Waals surface area (Å²) >= 11 is 5.94. The van der Waals surface area contributed by atoms with Gasteiger partial charge in [-0.1, -0.05) is 11.6 Å². The first-order chi connectivity index (χ1) is 11.6. The zero-order valence-electron chi connectivity index (χ0n) is 14.1. The topological polar surface area (TPSA) is 50.2 Å². The van der Waals surface area contributed by atoms with Gasteiger partial charge in [-0.05, 0) is 50.5 Å². The molecular formula is C18H22Cl2N4O. The van der Waals surface area contributed by atoms with E-state index in [9.17, 15) is 4.79 Å². The van der Waals surface area contributed by atoms with Crippen molar-refractivity contribution in [3.63, 3.8) is 0 Å². The van der Waals surface area contributed by atoms with Crippen LogP contribution >= 0.6 is 24.0 Å². The van der Waals surface area contributed by atoms with E-state index in [1.54, 1.807) is 4.68 Å². The molecule has 2 aliphatic rings. The Labute approximate surface area is 158 Å².